The lowest BCUT2D eigenvalue weighted by Gasteiger charge is -2.11. The molecule has 0 aliphatic carbocycles. The minimum atomic E-state index is 0.430. The van der Waals surface area contributed by atoms with Crippen LogP contribution in [0.2, 0.25) is 0 Å². The van der Waals surface area contributed by atoms with Gasteiger partial charge in [-0.15, -0.1) is 0 Å². The van der Waals surface area contributed by atoms with Crippen molar-refractivity contribution in [1.29, 1.82) is 0 Å². The fourth-order valence-corrected chi connectivity index (χ4v) is 2.64. The third-order valence-electron chi connectivity index (χ3n) is 3.88. The molecule has 0 amide bonds. The zero-order chi connectivity index (χ0) is 19.2. The minimum Gasteiger partial charge on any atom is -0.494 e. The summed E-state index contributed by atoms with van der Waals surface area (Å²) in [6.45, 7) is 2.58. The fourth-order valence-electron chi connectivity index (χ4n) is 2.47. The predicted octanol–water partition coefficient (Wildman–Crippen LogP) is 3.65. The van der Waals surface area contributed by atoms with Crippen LogP contribution in [-0.2, 0) is 0 Å². The van der Waals surface area contributed by atoms with Crippen molar-refractivity contribution in [3.8, 4) is 17.1 Å². The molecular formula is C19H22N6OS. The molecule has 7 nitrogen and oxygen atoms in total. The van der Waals surface area contributed by atoms with Crippen LogP contribution in [0.25, 0.3) is 11.4 Å². The average molecular weight is 382 g/mol. The van der Waals surface area contributed by atoms with Gasteiger partial charge < -0.3 is 9.64 Å². The number of aromatic amines is 1. The maximum Gasteiger partial charge on any atom is 0.216 e. The maximum atomic E-state index is 5.47. The lowest BCUT2D eigenvalue weighted by molar-refractivity contribution is 0.340. The Morgan fingerprint density at radius 3 is 2.52 bits per heavy atom. The second kappa shape index (κ2) is 8.50. The standard InChI is InChI=1S/C19H22N6OS/c1-4-26-17-11-7-15(8-12-17)18-21-22-19(27)25(18)23-20-13-14-5-9-16(10-6-14)24(2)3/h5-13,23H,4H2,1-3H3,(H,22,27). The number of nitrogens with zero attached hydrogens (tertiary/aromatic N) is 4. The predicted molar refractivity (Wildman–Crippen MR) is 112 cm³/mol. The Balaban J connectivity index is 1.75. The van der Waals surface area contributed by atoms with Gasteiger partial charge in [0, 0.05) is 25.3 Å². The Bertz CT molecular complexity index is 957. The molecule has 0 spiro atoms. The van der Waals surface area contributed by atoms with Crippen molar-refractivity contribution in [1.82, 2.24) is 14.9 Å². The maximum absolute atomic E-state index is 5.47. The zero-order valence-corrected chi connectivity index (χ0v) is 16.3. The largest absolute Gasteiger partial charge is 0.494 e. The van der Waals surface area contributed by atoms with Gasteiger partial charge in [0.1, 0.15) is 5.75 Å². The summed E-state index contributed by atoms with van der Waals surface area (Å²) in [6.07, 6.45) is 1.73. The van der Waals surface area contributed by atoms with E-state index >= 15 is 0 Å². The van der Waals surface area contributed by atoms with Crippen molar-refractivity contribution in [3.05, 3.63) is 58.9 Å². The van der Waals surface area contributed by atoms with Crippen molar-refractivity contribution < 1.29 is 4.74 Å². The molecule has 1 heterocycles. The highest BCUT2D eigenvalue weighted by molar-refractivity contribution is 7.71. The average Bonchev–Trinajstić information content (AvgIpc) is 3.04. The van der Waals surface area contributed by atoms with Gasteiger partial charge in [0.15, 0.2) is 5.82 Å². The lowest BCUT2D eigenvalue weighted by atomic mass is 10.2. The first-order chi connectivity index (χ1) is 13.1. The third kappa shape index (κ3) is 4.53. The van der Waals surface area contributed by atoms with E-state index in [2.05, 4.69) is 20.8 Å². The summed E-state index contributed by atoms with van der Waals surface area (Å²) >= 11 is 5.29. The second-order valence-electron chi connectivity index (χ2n) is 5.99. The second-order valence-corrected chi connectivity index (χ2v) is 6.38. The smallest absolute Gasteiger partial charge is 0.216 e. The fraction of sp³-hybridized carbons (Fsp3) is 0.211. The van der Waals surface area contributed by atoms with Crippen LogP contribution in [0, 0.1) is 4.77 Å². The summed E-state index contributed by atoms with van der Waals surface area (Å²) in [5.74, 6) is 1.46. The van der Waals surface area contributed by atoms with E-state index in [4.69, 9.17) is 17.0 Å². The molecule has 27 heavy (non-hydrogen) atoms. The van der Waals surface area contributed by atoms with E-state index in [0.717, 1.165) is 22.6 Å². The zero-order valence-electron chi connectivity index (χ0n) is 15.5. The van der Waals surface area contributed by atoms with E-state index in [0.29, 0.717) is 17.2 Å². The molecule has 1 aromatic heterocycles. The summed E-state index contributed by atoms with van der Waals surface area (Å²) in [6, 6.07) is 15.7. The van der Waals surface area contributed by atoms with Crippen molar-refractivity contribution >= 4 is 24.1 Å². The molecular weight excluding hydrogens is 360 g/mol. The molecule has 0 aliphatic rings. The van der Waals surface area contributed by atoms with Gasteiger partial charge in [-0.25, -0.2) is 10.6 Å². The summed E-state index contributed by atoms with van der Waals surface area (Å²) < 4.78 is 7.52. The molecule has 0 unspecified atom stereocenters. The highest BCUT2D eigenvalue weighted by Crippen LogP contribution is 2.20. The van der Waals surface area contributed by atoms with E-state index in [9.17, 15) is 0 Å². The number of H-pyrrole nitrogens is 1. The minimum absolute atomic E-state index is 0.430. The van der Waals surface area contributed by atoms with Gasteiger partial charge in [-0.05, 0) is 61.1 Å². The summed E-state index contributed by atoms with van der Waals surface area (Å²) in [5, 5.41) is 11.3. The van der Waals surface area contributed by atoms with Crippen molar-refractivity contribution in [3.63, 3.8) is 0 Å². The molecule has 0 fully saturated rings. The van der Waals surface area contributed by atoms with Crippen LogP contribution in [0.3, 0.4) is 0 Å². The highest BCUT2D eigenvalue weighted by atomic mass is 32.1. The van der Waals surface area contributed by atoms with Gasteiger partial charge in [0.2, 0.25) is 4.77 Å². The molecule has 2 N–H and O–H groups in total. The van der Waals surface area contributed by atoms with Gasteiger partial charge in [0.25, 0.3) is 0 Å². The number of anilines is 1. The van der Waals surface area contributed by atoms with E-state index in [1.807, 2.05) is 74.4 Å². The Labute approximate surface area is 163 Å². The van der Waals surface area contributed by atoms with E-state index in [-0.39, 0.29) is 0 Å². The highest BCUT2D eigenvalue weighted by Gasteiger charge is 2.08. The first kappa shape index (κ1) is 18.7. The van der Waals surface area contributed by atoms with Crippen LogP contribution in [-0.4, -0.2) is 41.8 Å². The number of hydrazone groups is 1. The molecule has 0 atom stereocenters. The van der Waals surface area contributed by atoms with Crippen LogP contribution in [0.4, 0.5) is 5.69 Å². The first-order valence-electron chi connectivity index (χ1n) is 8.55. The number of hydrogen-bond acceptors (Lipinski definition) is 6. The Hall–Kier alpha value is -3.13. The van der Waals surface area contributed by atoms with Crippen molar-refractivity contribution in [2.24, 2.45) is 5.10 Å². The number of rotatable bonds is 7. The monoisotopic (exact) mass is 382 g/mol. The molecule has 0 saturated heterocycles. The molecule has 0 aliphatic heterocycles. The molecule has 3 aromatic rings. The Kier molecular flexibility index (Phi) is 5.87. The number of aromatic nitrogens is 3. The lowest BCUT2D eigenvalue weighted by Crippen LogP contribution is -2.11. The summed E-state index contributed by atoms with van der Waals surface area (Å²) in [4.78, 5) is 2.05. The van der Waals surface area contributed by atoms with Gasteiger partial charge in [0.05, 0.1) is 12.8 Å². The van der Waals surface area contributed by atoms with Gasteiger partial charge >= 0.3 is 0 Å². The van der Waals surface area contributed by atoms with Crippen molar-refractivity contribution in [2.45, 2.75) is 6.92 Å². The molecule has 0 bridgehead atoms. The number of benzene rings is 2. The van der Waals surface area contributed by atoms with E-state index < -0.39 is 0 Å². The van der Waals surface area contributed by atoms with Crippen LogP contribution < -0.4 is 15.2 Å². The summed E-state index contributed by atoms with van der Waals surface area (Å²) in [7, 11) is 4.02. The van der Waals surface area contributed by atoms with Gasteiger partial charge in [-0.1, -0.05) is 12.1 Å². The van der Waals surface area contributed by atoms with Gasteiger partial charge in [-0.3, -0.25) is 0 Å². The Morgan fingerprint density at radius 2 is 1.89 bits per heavy atom. The molecule has 0 saturated carbocycles. The molecule has 140 valence electrons. The van der Waals surface area contributed by atoms with E-state index in [1.54, 1.807) is 10.9 Å². The SMILES string of the molecule is CCOc1ccc(-c2n[nH]c(=S)n2NN=Cc2ccc(N(C)C)cc2)cc1. The van der Waals surface area contributed by atoms with Crippen LogP contribution >= 0.6 is 12.2 Å². The van der Waals surface area contributed by atoms with Gasteiger partial charge in [-0.2, -0.15) is 14.9 Å². The molecule has 8 heteroatoms. The summed E-state index contributed by atoms with van der Waals surface area (Å²) in [5.41, 5.74) is 5.94. The molecule has 0 radical (unpaired) electrons. The van der Waals surface area contributed by atoms with Crippen LogP contribution in [0.1, 0.15) is 12.5 Å². The van der Waals surface area contributed by atoms with E-state index in [1.165, 1.54) is 0 Å². The Morgan fingerprint density at radius 1 is 1.19 bits per heavy atom. The van der Waals surface area contributed by atoms with Crippen LogP contribution in [0.15, 0.2) is 53.6 Å². The quantitative estimate of drug-likeness (QED) is 0.371. The molecule has 3 rings (SSSR count). The first-order valence-corrected chi connectivity index (χ1v) is 8.96. The number of hydrogen-bond donors (Lipinski definition) is 2. The topological polar surface area (TPSA) is 70.5 Å². The van der Waals surface area contributed by atoms with Crippen molar-refractivity contribution in [2.75, 3.05) is 31.1 Å². The van der Waals surface area contributed by atoms with Crippen LogP contribution in [0.5, 0.6) is 5.75 Å². The third-order valence-corrected chi connectivity index (χ3v) is 4.15. The normalized spacial score (nSPS) is 10.9. The number of ether oxygens (including phenoxy) is 1. The number of nitrogens with one attached hydrogen (secondary N) is 2. The molecule has 2 aromatic carbocycles.